The fourth-order valence-electron chi connectivity index (χ4n) is 2.61. The van der Waals surface area contributed by atoms with Gasteiger partial charge in [0.2, 0.25) is 11.6 Å². The molecule has 0 radical (unpaired) electrons. The number of Topliss-reactive ketones (excluding diaryl/α,β-unsaturated/α-hetero) is 2. The number of ether oxygens (including phenoxy) is 1. The SMILES string of the molecule is COc1ccc(C(=O)C(=O)c2cccc(Cl)c2-c2ccccc2)cc1. The van der Waals surface area contributed by atoms with Crippen LogP contribution >= 0.6 is 11.6 Å². The van der Waals surface area contributed by atoms with Crippen molar-refractivity contribution < 1.29 is 14.3 Å². The summed E-state index contributed by atoms with van der Waals surface area (Å²) in [7, 11) is 1.54. The standard InChI is InChI=1S/C21H15ClO3/c1-25-16-12-10-15(11-13-16)20(23)21(24)17-8-5-9-18(22)19(17)14-6-3-2-4-7-14/h2-13H,1H3. The fraction of sp³-hybridized carbons (Fsp3) is 0.0476. The smallest absolute Gasteiger partial charge is 0.234 e. The first-order valence-corrected chi connectivity index (χ1v) is 8.06. The van der Waals surface area contributed by atoms with Crippen LogP contribution in [-0.4, -0.2) is 18.7 Å². The molecule has 0 aliphatic heterocycles. The van der Waals surface area contributed by atoms with Crippen LogP contribution in [0.4, 0.5) is 0 Å². The number of rotatable bonds is 5. The van der Waals surface area contributed by atoms with Crippen LogP contribution in [0.25, 0.3) is 11.1 Å². The highest BCUT2D eigenvalue weighted by molar-refractivity contribution is 6.50. The molecule has 0 aliphatic rings. The van der Waals surface area contributed by atoms with Crippen LogP contribution in [0.3, 0.4) is 0 Å². The van der Waals surface area contributed by atoms with E-state index in [2.05, 4.69) is 0 Å². The minimum Gasteiger partial charge on any atom is -0.497 e. The predicted octanol–water partition coefficient (Wildman–Crippen LogP) is 5.08. The summed E-state index contributed by atoms with van der Waals surface area (Å²) in [6, 6.07) is 20.8. The summed E-state index contributed by atoms with van der Waals surface area (Å²) in [6.07, 6.45) is 0. The molecule has 124 valence electrons. The Morgan fingerprint density at radius 2 is 1.48 bits per heavy atom. The van der Waals surface area contributed by atoms with E-state index in [-0.39, 0.29) is 0 Å². The number of halogens is 1. The molecule has 25 heavy (non-hydrogen) atoms. The van der Waals surface area contributed by atoms with Crippen molar-refractivity contribution in [2.75, 3.05) is 7.11 Å². The van der Waals surface area contributed by atoms with E-state index >= 15 is 0 Å². The van der Waals surface area contributed by atoms with Gasteiger partial charge < -0.3 is 4.74 Å². The molecule has 0 saturated carbocycles. The summed E-state index contributed by atoms with van der Waals surface area (Å²) in [6.45, 7) is 0. The highest BCUT2D eigenvalue weighted by Crippen LogP contribution is 2.32. The molecule has 3 rings (SSSR count). The van der Waals surface area contributed by atoms with E-state index < -0.39 is 11.6 Å². The van der Waals surface area contributed by atoms with Gasteiger partial charge in [-0.15, -0.1) is 0 Å². The summed E-state index contributed by atoms with van der Waals surface area (Å²) in [5, 5.41) is 0.430. The highest BCUT2D eigenvalue weighted by atomic mass is 35.5. The van der Waals surface area contributed by atoms with Crippen LogP contribution in [-0.2, 0) is 0 Å². The maximum atomic E-state index is 12.8. The molecule has 0 spiro atoms. The zero-order valence-electron chi connectivity index (χ0n) is 13.5. The molecule has 4 heteroatoms. The number of hydrogen-bond acceptors (Lipinski definition) is 3. The number of ketones is 2. The summed E-state index contributed by atoms with van der Waals surface area (Å²) in [4.78, 5) is 25.4. The molecule has 0 N–H and O–H groups in total. The molecule has 0 fully saturated rings. The van der Waals surface area contributed by atoms with Gasteiger partial charge in [0, 0.05) is 21.7 Å². The van der Waals surface area contributed by atoms with Crippen molar-refractivity contribution in [1.82, 2.24) is 0 Å². The van der Waals surface area contributed by atoms with Gasteiger partial charge in [0.1, 0.15) is 5.75 Å². The third-order valence-corrected chi connectivity index (χ3v) is 4.19. The molecule has 0 heterocycles. The van der Waals surface area contributed by atoms with Gasteiger partial charge >= 0.3 is 0 Å². The topological polar surface area (TPSA) is 43.4 Å². The van der Waals surface area contributed by atoms with Crippen molar-refractivity contribution in [2.24, 2.45) is 0 Å². The van der Waals surface area contributed by atoms with Crippen molar-refractivity contribution in [3.05, 3.63) is 88.9 Å². The minimum absolute atomic E-state index is 0.291. The lowest BCUT2D eigenvalue weighted by Gasteiger charge is -2.11. The molecule has 3 aromatic rings. The number of carbonyl (C=O) groups is 2. The van der Waals surface area contributed by atoms with Gasteiger partial charge in [-0.25, -0.2) is 0 Å². The second-order valence-corrected chi connectivity index (χ2v) is 5.82. The Morgan fingerprint density at radius 3 is 2.12 bits per heavy atom. The zero-order chi connectivity index (χ0) is 17.8. The summed E-state index contributed by atoms with van der Waals surface area (Å²) in [5.41, 5.74) is 1.96. The van der Waals surface area contributed by atoms with Gasteiger partial charge in [-0.1, -0.05) is 54.1 Å². The lowest BCUT2D eigenvalue weighted by molar-refractivity contribution is 0.0817. The average Bonchev–Trinajstić information content (AvgIpc) is 2.67. The Morgan fingerprint density at radius 1 is 0.800 bits per heavy atom. The van der Waals surface area contributed by atoms with E-state index in [0.29, 0.717) is 27.5 Å². The van der Waals surface area contributed by atoms with E-state index in [9.17, 15) is 9.59 Å². The third-order valence-electron chi connectivity index (χ3n) is 3.88. The molecule has 0 aromatic heterocycles. The van der Waals surface area contributed by atoms with Gasteiger partial charge in [0.25, 0.3) is 0 Å². The summed E-state index contributed by atoms with van der Waals surface area (Å²) >= 11 is 6.32. The Balaban J connectivity index is 2.02. The lowest BCUT2D eigenvalue weighted by atomic mass is 9.93. The molecule has 3 aromatic carbocycles. The van der Waals surface area contributed by atoms with Crippen molar-refractivity contribution in [3.63, 3.8) is 0 Å². The van der Waals surface area contributed by atoms with Crippen molar-refractivity contribution in [1.29, 1.82) is 0 Å². The van der Waals surface area contributed by atoms with Crippen molar-refractivity contribution >= 4 is 23.2 Å². The first-order valence-electron chi connectivity index (χ1n) is 7.69. The van der Waals surface area contributed by atoms with Crippen LogP contribution in [0.1, 0.15) is 20.7 Å². The quantitative estimate of drug-likeness (QED) is 0.476. The van der Waals surface area contributed by atoms with Crippen LogP contribution in [0.5, 0.6) is 5.75 Å². The maximum absolute atomic E-state index is 12.8. The van der Waals surface area contributed by atoms with E-state index in [4.69, 9.17) is 16.3 Å². The van der Waals surface area contributed by atoms with Crippen molar-refractivity contribution in [2.45, 2.75) is 0 Å². The molecule has 0 unspecified atom stereocenters. The van der Waals surface area contributed by atoms with E-state index in [1.807, 2.05) is 30.3 Å². The van der Waals surface area contributed by atoms with E-state index in [0.717, 1.165) is 5.56 Å². The van der Waals surface area contributed by atoms with Gasteiger partial charge in [-0.05, 0) is 35.9 Å². The Hall–Kier alpha value is -2.91. The number of hydrogen-bond donors (Lipinski definition) is 0. The van der Waals surface area contributed by atoms with Crippen LogP contribution < -0.4 is 4.74 Å². The fourth-order valence-corrected chi connectivity index (χ4v) is 2.89. The molecule has 0 saturated heterocycles. The molecule has 0 bridgehead atoms. The minimum atomic E-state index is -0.591. The maximum Gasteiger partial charge on any atom is 0.234 e. The first-order chi connectivity index (χ1) is 12.1. The van der Waals surface area contributed by atoms with Crippen LogP contribution in [0.15, 0.2) is 72.8 Å². The number of methoxy groups -OCH3 is 1. The summed E-state index contributed by atoms with van der Waals surface area (Å²) < 4.78 is 5.07. The van der Waals surface area contributed by atoms with Crippen LogP contribution in [0.2, 0.25) is 5.02 Å². The Labute approximate surface area is 150 Å². The number of carbonyl (C=O) groups excluding carboxylic acids is 2. The second-order valence-electron chi connectivity index (χ2n) is 5.42. The second kappa shape index (κ2) is 7.32. The summed E-state index contributed by atoms with van der Waals surface area (Å²) in [5.74, 6) is -0.551. The molecular weight excluding hydrogens is 336 g/mol. The largest absolute Gasteiger partial charge is 0.497 e. The first kappa shape index (κ1) is 16.9. The average molecular weight is 351 g/mol. The van der Waals surface area contributed by atoms with E-state index in [1.165, 1.54) is 0 Å². The van der Waals surface area contributed by atoms with Gasteiger partial charge in [0.15, 0.2) is 0 Å². The predicted molar refractivity (Wildman–Crippen MR) is 98.5 cm³/mol. The molecule has 0 aliphatic carbocycles. The lowest BCUT2D eigenvalue weighted by Crippen LogP contribution is -2.15. The third kappa shape index (κ3) is 3.47. The molecular formula is C21H15ClO3. The molecule has 0 amide bonds. The van der Waals surface area contributed by atoms with Gasteiger partial charge in [-0.2, -0.15) is 0 Å². The zero-order valence-corrected chi connectivity index (χ0v) is 14.3. The van der Waals surface area contributed by atoms with Crippen LogP contribution in [0, 0.1) is 0 Å². The monoisotopic (exact) mass is 350 g/mol. The highest BCUT2D eigenvalue weighted by Gasteiger charge is 2.23. The van der Waals surface area contributed by atoms with Gasteiger partial charge in [-0.3, -0.25) is 9.59 Å². The van der Waals surface area contributed by atoms with Crippen molar-refractivity contribution in [3.8, 4) is 16.9 Å². The van der Waals surface area contributed by atoms with E-state index in [1.54, 1.807) is 49.6 Å². The normalized spacial score (nSPS) is 10.3. The molecule has 0 atom stereocenters. The number of benzene rings is 3. The Bertz CT molecular complexity index is 916. The molecule has 3 nitrogen and oxygen atoms in total. The Kier molecular flexibility index (Phi) is 4.96. The van der Waals surface area contributed by atoms with Gasteiger partial charge in [0.05, 0.1) is 7.11 Å².